The van der Waals surface area contributed by atoms with Crippen LogP contribution in [0.25, 0.3) is 5.70 Å². The molecule has 112 valence electrons. The zero-order valence-electron chi connectivity index (χ0n) is 12.7. The van der Waals surface area contributed by atoms with Crippen molar-refractivity contribution in [3.05, 3.63) is 54.8 Å². The fraction of sp³-hybridized carbons (Fsp3) is 0.353. The van der Waals surface area contributed by atoms with E-state index in [1.807, 2.05) is 35.0 Å². The van der Waals surface area contributed by atoms with Crippen LogP contribution in [-0.4, -0.2) is 23.3 Å². The minimum absolute atomic E-state index is 0.731. The Bertz CT molecular complexity index is 562. The van der Waals surface area contributed by atoms with E-state index in [-0.39, 0.29) is 0 Å². The summed E-state index contributed by atoms with van der Waals surface area (Å²) >= 11 is 0. The van der Waals surface area contributed by atoms with Crippen LogP contribution in [-0.2, 0) is 4.74 Å². The van der Waals surface area contributed by atoms with Crippen molar-refractivity contribution < 1.29 is 9.47 Å². The quantitative estimate of drug-likeness (QED) is 0.544. The Morgan fingerprint density at radius 1 is 1.29 bits per heavy atom. The number of ether oxygens (including phenoxy) is 2. The summed E-state index contributed by atoms with van der Waals surface area (Å²) < 4.78 is 13.1. The van der Waals surface area contributed by atoms with E-state index in [9.17, 15) is 0 Å². The molecule has 1 aromatic carbocycles. The van der Waals surface area contributed by atoms with Crippen molar-refractivity contribution in [2.45, 2.75) is 26.2 Å². The molecule has 4 heteroatoms. The Kier molecular flexibility index (Phi) is 5.88. The molecule has 0 aliphatic rings. The molecule has 0 radical (unpaired) electrons. The second kappa shape index (κ2) is 8.15. The van der Waals surface area contributed by atoms with E-state index in [1.54, 1.807) is 25.9 Å². The van der Waals surface area contributed by atoms with E-state index >= 15 is 0 Å². The van der Waals surface area contributed by atoms with E-state index < -0.39 is 0 Å². The lowest BCUT2D eigenvalue weighted by Crippen LogP contribution is -2.03. The van der Waals surface area contributed by atoms with Gasteiger partial charge in [0, 0.05) is 18.0 Å². The minimum atomic E-state index is 0.731. The first kappa shape index (κ1) is 15.2. The highest BCUT2D eigenvalue weighted by Crippen LogP contribution is 2.27. The summed E-state index contributed by atoms with van der Waals surface area (Å²) in [7, 11) is 1.64. The summed E-state index contributed by atoms with van der Waals surface area (Å²) in [5, 5.41) is 0. The zero-order valence-corrected chi connectivity index (χ0v) is 12.7. The number of aromatic nitrogens is 2. The molecule has 1 heterocycles. The molecule has 0 saturated carbocycles. The van der Waals surface area contributed by atoms with Gasteiger partial charge in [0.15, 0.2) is 0 Å². The van der Waals surface area contributed by atoms with E-state index in [2.05, 4.69) is 11.9 Å². The molecule has 0 fully saturated rings. The standard InChI is InChI=1S/C17H22N2O2/c1-3-4-7-12-21-17-9-6-5-8-15(17)16(13-20-2)19-11-10-18-14-19/h5-6,8-11,13-14H,3-4,7,12H2,1-2H3/b16-13+. The zero-order chi connectivity index (χ0) is 14.9. The lowest BCUT2D eigenvalue weighted by molar-refractivity contribution is 0.304. The van der Waals surface area contributed by atoms with Crippen LogP contribution in [0.2, 0.25) is 0 Å². The molecule has 4 nitrogen and oxygen atoms in total. The molecule has 2 aromatic rings. The number of rotatable bonds is 8. The van der Waals surface area contributed by atoms with Gasteiger partial charge in [-0.15, -0.1) is 0 Å². The first-order valence-corrected chi connectivity index (χ1v) is 7.30. The summed E-state index contributed by atoms with van der Waals surface area (Å²) in [6, 6.07) is 7.99. The van der Waals surface area contributed by atoms with Gasteiger partial charge in [0.1, 0.15) is 12.0 Å². The third-order valence-electron chi connectivity index (χ3n) is 3.18. The van der Waals surface area contributed by atoms with Gasteiger partial charge >= 0.3 is 0 Å². The Hall–Kier alpha value is -2.23. The third-order valence-corrected chi connectivity index (χ3v) is 3.18. The van der Waals surface area contributed by atoms with E-state index in [0.29, 0.717) is 0 Å². The normalized spacial score (nSPS) is 11.4. The second-order valence-electron chi connectivity index (χ2n) is 4.76. The largest absolute Gasteiger partial charge is 0.502 e. The van der Waals surface area contributed by atoms with E-state index in [1.165, 1.54) is 12.8 Å². The van der Waals surface area contributed by atoms with Crippen molar-refractivity contribution in [3.8, 4) is 5.75 Å². The summed E-state index contributed by atoms with van der Waals surface area (Å²) in [6.07, 6.45) is 10.5. The maximum absolute atomic E-state index is 5.93. The minimum Gasteiger partial charge on any atom is -0.502 e. The van der Waals surface area contributed by atoms with Crippen LogP contribution >= 0.6 is 0 Å². The summed E-state index contributed by atoms with van der Waals surface area (Å²) in [6.45, 7) is 2.92. The fourth-order valence-electron chi connectivity index (χ4n) is 2.11. The van der Waals surface area contributed by atoms with Gasteiger partial charge in [0.05, 0.1) is 25.7 Å². The number of nitrogens with zero attached hydrogens (tertiary/aromatic N) is 2. The summed E-state index contributed by atoms with van der Waals surface area (Å²) in [5.74, 6) is 0.866. The monoisotopic (exact) mass is 286 g/mol. The Morgan fingerprint density at radius 3 is 2.86 bits per heavy atom. The average Bonchev–Trinajstić information content (AvgIpc) is 3.04. The van der Waals surface area contributed by atoms with Crippen LogP contribution in [0.1, 0.15) is 31.7 Å². The Balaban J connectivity index is 2.23. The molecule has 0 aliphatic heterocycles. The van der Waals surface area contributed by atoms with Crippen molar-refractivity contribution >= 4 is 5.70 Å². The molecule has 0 bridgehead atoms. The number of methoxy groups -OCH3 is 1. The molecule has 0 unspecified atom stereocenters. The van der Waals surface area contributed by atoms with E-state index in [4.69, 9.17) is 9.47 Å². The highest BCUT2D eigenvalue weighted by molar-refractivity contribution is 5.69. The van der Waals surface area contributed by atoms with Crippen molar-refractivity contribution in [3.63, 3.8) is 0 Å². The summed E-state index contributed by atoms with van der Waals surface area (Å²) in [4.78, 5) is 4.09. The van der Waals surface area contributed by atoms with Crippen LogP contribution in [0.15, 0.2) is 49.2 Å². The first-order chi connectivity index (χ1) is 10.4. The number of benzene rings is 1. The van der Waals surface area contributed by atoms with Gasteiger partial charge in [-0.1, -0.05) is 31.9 Å². The first-order valence-electron chi connectivity index (χ1n) is 7.30. The highest BCUT2D eigenvalue weighted by Gasteiger charge is 2.10. The molecule has 21 heavy (non-hydrogen) atoms. The predicted octanol–water partition coefficient (Wildman–Crippen LogP) is 3.95. The van der Waals surface area contributed by atoms with Crippen LogP contribution in [0.4, 0.5) is 0 Å². The number of unbranched alkanes of at least 4 members (excludes halogenated alkanes) is 2. The van der Waals surface area contributed by atoms with Gasteiger partial charge in [-0.25, -0.2) is 4.98 Å². The molecule has 1 aromatic heterocycles. The lowest BCUT2D eigenvalue weighted by Gasteiger charge is -2.14. The van der Waals surface area contributed by atoms with Gasteiger partial charge in [0.25, 0.3) is 0 Å². The van der Waals surface area contributed by atoms with Crippen LogP contribution in [0.3, 0.4) is 0 Å². The van der Waals surface area contributed by atoms with Crippen LogP contribution in [0.5, 0.6) is 5.75 Å². The molecular weight excluding hydrogens is 264 g/mol. The third kappa shape index (κ3) is 4.12. The molecule has 0 amide bonds. The second-order valence-corrected chi connectivity index (χ2v) is 4.76. The SMILES string of the molecule is CCCCCOc1ccccc1/C(=C\OC)n1ccnc1. The van der Waals surface area contributed by atoms with Crippen LogP contribution < -0.4 is 4.74 Å². The fourth-order valence-corrected chi connectivity index (χ4v) is 2.11. The van der Waals surface area contributed by atoms with Gasteiger partial charge in [-0.3, -0.25) is 0 Å². The highest BCUT2D eigenvalue weighted by atomic mass is 16.5. The van der Waals surface area contributed by atoms with E-state index in [0.717, 1.165) is 30.0 Å². The molecular formula is C17H22N2O2. The maximum Gasteiger partial charge on any atom is 0.128 e. The Labute approximate surface area is 126 Å². The molecule has 0 N–H and O–H groups in total. The van der Waals surface area contributed by atoms with Crippen molar-refractivity contribution in [2.75, 3.05) is 13.7 Å². The van der Waals surface area contributed by atoms with Gasteiger partial charge in [-0.2, -0.15) is 0 Å². The van der Waals surface area contributed by atoms with Gasteiger partial charge in [-0.05, 0) is 18.6 Å². The van der Waals surface area contributed by atoms with Gasteiger partial charge in [0.2, 0.25) is 0 Å². The van der Waals surface area contributed by atoms with Crippen LogP contribution in [0, 0.1) is 0 Å². The maximum atomic E-state index is 5.93. The van der Waals surface area contributed by atoms with Crippen molar-refractivity contribution in [2.24, 2.45) is 0 Å². The lowest BCUT2D eigenvalue weighted by atomic mass is 10.1. The van der Waals surface area contributed by atoms with Crippen molar-refractivity contribution in [1.82, 2.24) is 9.55 Å². The molecule has 0 atom stereocenters. The predicted molar refractivity (Wildman–Crippen MR) is 84.1 cm³/mol. The molecule has 0 spiro atoms. The molecule has 0 aliphatic carbocycles. The molecule has 0 saturated heterocycles. The topological polar surface area (TPSA) is 36.3 Å². The number of imidazole rings is 1. The number of para-hydroxylation sites is 1. The molecule has 2 rings (SSSR count). The average molecular weight is 286 g/mol. The smallest absolute Gasteiger partial charge is 0.128 e. The number of hydrogen-bond donors (Lipinski definition) is 0. The Morgan fingerprint density at radius 2 is 2.14 bits per heavy atom. The summed E-state index contributed by atoms with van der Waals surface area (Å²) in [5.41, 5.74) is 1.90. The van der Waals surface area contributed by atoms with Gasteiger partial charge < -0.3 is 14.0 Å². The number of hydrogen-bond acceptors (Lipinski definition) is 3. The van der Waals surface area contributed by atoms with Crippen molar-refractivity contribution in [1.29, 1.82) is 0 Å².